The number of benzene rings is 3. The Labute approximate surface area is 178 Å². The Kier molecular flexibility index (Phi) is 5.80. The minimum atomic E-state index is -0.968. The monoisotopic (exact) mass is 418 g/mol. The zero-order valence-corrected chi connectivity index (χ0v) is 16.7. The minimum Gasteiger partial charge on any atom is -0.474 e. The van der Waals surface area contributed by atoms with Crippen LogP contribution in [0.5, 0.6) is 11.5 Å². The highest BCUT2D eigenvalue weighted by molar-refractivity contribution is 6.14. The fraction of sp³-hybridized carbons (Fsp3) is 0.120. The second-order valence-electron chi connectivity index (χ2n) is 6.78. The third-order valence-electron chi connectivity index (χ3n) is 4.69. The van der Waals surface area contributed by atoms with Crippen molar-refractivity contribution in [2.75, 3.05) is 6.61 Å². The number of ketones is 1. The first-order valence-electron chi connectivity index (χ1n) is 9.78. The Balaban J connectivity index is 1.60. The van der Waals surface area contributed by atoms with Crippen molar-refractivity contribution in [3.63, 3.8) is 0 Å². The van der Waals surface area contributed by atoms with Gasteiger partial charge < -0.3 is 14.2 Å². The number of fused-ring (bicyclic) bond motifs is 1. The lowest BCUT2D eigenvalue weighted by atomic mass is 10.1. The normalized spacial score (nSPS) is 14.6. The van der Waals surface area contributed by atoms with E-state index in [0.717, 1.165) is 0 Å². The topological polar surface area (TPSA) is 61.8 Å². The molecule has 5 nitrogen and oxygen atoms in total. The summed E-state index contributed by atoms with van der Waals surface area (Å²) in [4.78, 5) is 25.1. The quantitative estimate of drug-likeness (QED) is 0.411. The Morgan fingerprint density at radius 1 is 1.06 bits per heavy atom. The Morgan fingerprint density at radius 3 is 2.55 bits per heavy atom. The van der Waals surface area contributed by atoms with Gasteiger partial charge in [-0.2, -0.15) is 0 Å². The first kappa shape index (κ1) is 20.3. The number of halogens is 1. The van der Waals surface area contributed by atoms with Crippen molar-refractivity contribution in [2.24, 2.45) is 0 Å². The van der Waals surface area contributed by atoms with Gasteiger partial charge in [-0.25, -0.2) is 9.18 Å². The van der Waals surface area contributed by atoms with Gasteiger partial charge >= 0.3 is 5.97 Å². The number of ether oxygens (including phenoxy) is 3. The molecule has 1 heterocycles. The van der Waals surface area contributed by atoms with Gasteiger partial charge in [0.15, 0.2) is 5.76 Å². The summed E-state index contributed by atoms with van der Waals surface area (Å²) >= 11 is 0. The molecule has 4 rings (SSSR count). The lowest BCUT2D eigenvalue weighted by molar-refractivity contribution is -0.151. The maximum Gasteiger partial charge on any atom is 0.352 e. The molecule has 0 aromatic heterocycles. The van der Waals surface area contributed by atoms with E-state index in [9.17, 15) is 14.0 Å². The van der Waals surface area contributed by atoms with Crippen LogP contribution in [0.2, 0.25) is 0 Å². The molecule has 1 aliphatic heterocycles. The second kappa shape index (κ2) is 8.83. The van der Waals surface area contributed by atoms with Gasteiger partial charge in [-0.15, -0.1) is 0 Å². The molecular formula is C25H19FO5. The van der Waals surface area contributed by atoms with Crippen molar-refractivity contribution in [2.45, 2.75) is 13.0 Å². The highest BCUT2D eigenvalue weighted by atomic mass is 19.1. The van der Waals surface area contributed by atoms with Gasteiger partial charge in [-0.3, -0.25) is 4.79 Å². The lowest BCUT2D eigenvalue weighted by Gasteiger charge is -2.18. The summed E-state index contributed by atoms with van der Waals surface area (Å²) < 4.78 is 30.6. The van der Waals surface area contributed by atoms with E-state index in [1.165, 1.54) is 18.2 Å². The second-order valence-corrected chi connectivity index (χ2v) is 6.78. The molecule has 156 valence electrons. The molecule has 6 heteroatoms. The first-order valence-corrected chi connectivity index (χ1v) is 9.78. The van der Waals surface area contributed by atoms with Gasteiger partial charge in [0, 0.05) is 17.2 Å². The SMILES string of the molecule is CCOC(=O)C(Oc1ccc2c(c1)O/C(=C\c1ccccc1F)C2=O)c1ccccc1. The standard InChI is InChI=1S/C25H19FO5/c1-2-29-25(28)24(16-8-4-3-5-9-16)30-18-12-13-19-21(15-18)31-22(23(19)27)14-17-10-6-7-11-20(17)26/h3-15,24H,2H2,1H3/b22-14-. The zero-order chi connectivity index (χ0) is 21.8. The summed E-state index contributed by atoms with van der Waals surface area (Å²) in [6, 6.07) is 19.8. The summed E-state index contributed by atoms with van der Waals surface area (Å²) in [5.41, 5.74) is 1.22. The minimum absolute atomic E-state index is 0.0160. The van der Waals surface area contributed by atoms with E-state index in [0.29, 0.717) is 16.9 Å². The maximum absolute atomic E-state index is 13.9. The van der Waals surface area contributed by atoms with Gasteiger partial charge in [0.1, 0.15) is 17.3 Å². The van der Waals surface area contributed by atoms with Crippen LogP contribution >= 0.6 is 0 Å². The summed E-state index contributed by atoms with van der Waals surface area (Å²) in [5.74, 6) is -0.698. The molecule has 0 fully saturated rings. The molecule has 0 saturated heterocycles. The van der Waals surface area contributed by atoms with Gasteiger partial charge in [0.05, 0.1) is 12.2 Å². The molecule has 1 atom stereocenters. The summed E-state index contributed by atoms with van der Waals surface area (Å²) in [7, 11) is 0. The molecule has 0 amide bonds. The van der Waals surface area contributed by atoms with Crippen LogP contribution in [-0.2, 0) is 9.53 Å². The van der Waals surface area contributed by atoms with E-state index in [1.54, 1.807) is 61.5 Å². The Morgan fingerprint density at radius 2 is 1.81 bits per heavy atom. The van der Waals surface area contributed by atoms with Crippen LogP contribution in [0.3, 0.4) is 0 Å². The summed E-state index contributed by atoms with van der Waals surface area (Å²) in [6.45, 7) is 1.94. The van der Waals surface area contributed by atoms with Gasteiger partial charge in [-0.05, 0) is 31.2 Å². The number of hydrogen-bond donors (Lipinski definition) is 0. The number of allylic oxidation sites excluding steroid dienone is 1. The van der Waals surface area contributed by atoms with Crippen LogP contribution in [0.15, 0.2) is 78.6 Å². The fourth-order valence-electron chi connectivity index (χ4n) is 3.21. The highest BCUT2D eigenvalue weighted by Gasteiger charge is 2.29. The first-order chi connectivity index (χ1) is 15.1. The molecule has 0 bridgehead atoms. The number of rotatable bonds is 6. The number of Topliss-reactive ketones (excluding diaryl/α,β-unsaturated/α-hetero) is 1. The third-order valence-corrected chi connectivity index (χ3v) is 4.69. The van der Waals surface area contributed by atoms with Crippen molar-refractivity contribution in [1.29, 1.82) is 0 Å². The van der Waals surface area contributed by atoms with E-state index in [4.69, 9.17) is 14.2 Å². The molecule has 0 radical (unpaired) electrons. The van der Waals surface area contributed by atoms with Gasteiger partial charge in [-0.1, -0.05) is 48.5 Å². The molecule has 0 aliphatic carbocycles. The molecule has 31 heavy (non-hydrogen) atoms. The van der Waals surface area contributed by atoms with Crippen LogP contribution in [-0.4, -0.2) is 18.4 Å². The summed E-state index contributed by atoms with van der Waals surface area (Å²) in [5, 5.41) is 0. The molecule has 3 aromatic carbocycles. The maximum atomic E-state index is 13.9. The van der Waals surface area contributed by atoms with Crippen LogP contribution < -0.4 is 9.47 Å². The molecule has 0 spiro atoms. The van der Waals surface area contributed by atoms with Crippen molar-refractivity contribution in [3.05, 3.63) is 101 Å². The van der Waals surface area contributed by atoms with Crippen molar-refractivity contribution in [3.8, 4) is 11.5 Å². The fourth-order valence-corrected chi connectivity index (χ4v) is 3.21. The van der Waals surface area contributed by atoms with Crippen molar-refractivity contribution < 1.29 is 28.2 Å². The number of carbonyl (C=O) groups excluding carboxylic acids is 2. The average molecular weight is 418 g/mol. The Bertz CT molecular complexity index is 1150. The van der Waals surface area contributed by atoms with E-state index in [2.05, 4.69) is 0 Å². The van der Waals surface area contributed by atoms with Crippen LogP contribution in [0.4, 0.5) is 4.39 Å². The predicted molar refractivity (Wildman–Crippen MR) is 112 cm³/mol. The number of hydrogen-bond acceptors (Lipinski definition) is 5. The molecule has 1 aliphatic rings. The smallest absolute Gasteiger partial charge is 0.352 e. The van der Waals surface area contributed by atoms with E-state index < -0.39 is 17.9 Å². The van der Waals surface area contributed by atoms with Crippen molar-refractivity contribution in [1.82, 2.24) is 0 Å². The van der Waals surface area contributed by atoms with Crippen LogP contribution in [0.1, 0.15) is 34.5 Å². The van der Waals surface area contributed by atoms with E-state index in [-0.39, 0.29) is 29.5 Å². The lowest BCUT2D eigenvalue weighted by Crippen LogP contribution is -2.21. The van der Waals surface area contributed by atoms with Crippen molar-refractivity contribution >= 4 is 17.8 Å². The Hall–Kier alpha value is -3.93. The third kappa shape index (κ3) is 4.33. The average Bonchev–Trinajstić information content (AvgIpc) is 3.09. The number of esters is 1. The highest BCUT2D eigenvalue weighted by Crippen LogP contribution is 2.36. The summed E-state index contributed by atoms with van der Waals surface area (Å²) in [6.07, 6.45) is 0.397. The molecule has 3 aromatic rings. The van der Waals surface area contributed by atoms with Crippen LogP contribution in [0.25, 0.3) is 6.08 Å². The molecule has 1 unspecified atom stereocenters. The molecule has 0 saturated carbocycles. The molecule has 0 N–H and O–H groups in total. The van der Waals surface area contributed by atoms with Gasteiger partial charge in [0.2, 0.25) is 11.9 Å². The molecular weight excluding hydrogens is 399 g/mol. The number of carbonyl (C=O) groups is 2. The van der Waals surface area contributed by atoms with Crippen LogP contribution in [0, 0.1) is 5.82 Å². The van der Waals surface area contributed by atoms with E-state index >= 15 is 0 Å². The largest absolute Gasteiger partial charge is 0.474 e. The zero-order valence-electron chi connectivity index (χ0n) is 16.7. The van der Waals surface area contributed by atoms with E-state index in [1.807, 2.05) is 6.07 Å². The predicted octanol–water partition coefficient (Wildman–Crippen LogP) is 5.13. The van der Waals surface area contributed by atoms with Gasteiger partial charge in [0.25, 0.3) is 0 Å².